The first-order valence-corrected chi connectivity index (χ1v) is 7.51. The fourth-order valence-electron chi connectivity index (χ4n) is 2.05. The van der Waals surface area contributed by atoms with E-state index in [9.17, 15) is 4.79 Å². The van der Waals surface area contributed by atoms with E-state index in [1.54, 1.807) is 29.3 Å². The van der Waals surface area contributed by atoms with Crippen LogP contribution in [-0.4, -0.2) is 20.7 Å². The molecule has 0 atom stereocenters. The van der Waals surface area contributed by atoms with Crippen LogP contribution < -0.4 is 5.32 Å². The highest BCUT2D eigenvalue weighted by Crippen LogP contribution is 2.17. The molecule has 0 fully saturated rings. The summed E-state index contributed by atoms with van der Waals surface area (Å²) in [5, 5.41) is 7.03. The molecule has 22 heavy (non-hydrogen) atoms. The van der Waals surface area contributed by atoms with Crippen molar-refractivity contribution in [1.82, 2.24) is 14.8 Å². The van der Waals surface area contributed by atoms with Crippen LogP contribution in [0, 0.1) is 0 Å². The Hall–Kier alpha value is -2.47. The third-order valence-electron chi connectivity index (χ3n) is 3.06. The van der Waals surface area contributed by atoms with E-state index in [-0.39, 0.29) is 5.91 Å². The normalized spacial score (nSPS) is 10.4. The Morgan fingerprint density at radius 3 is 2.68 bits per heavy atom. The Labute approximate surface area is 136 Å². The molecule has 0 radical (unpaired) electrons. The minimum absolute atomic E-state index is 0.0938. The number of benzene rings is 1. The van der Waals surface area contributed by atoms with Gasteiger partial charge >= 0.3 is 0 Å². The molecule has 110 valence electrons. The van der Waals surface area contributed by atoms with E-state index < -0.39 is 0 Å². The van der Waals surface area contributed by atoms with Gasteiger partial charge in [0.1, 0.15) is 0 Å². The number of aromatic nitrogens is 3. The number of rotatable bonds is 4. The lowest BCUT2D eigenvalue weighted by Gasteiger charge is -2.10. The lowest BCUT2D eigenvalue weighted by Crippen LogP contribution is -2.16. The average Bonchev–Trinajstić information content (AvgIpc) is 3.04. The molecule has 0 saturated carbocycles. The molecular weight excluding hydrogens is 344 g/mol. The van der Waals surface area contributed by atoms with E-state index in [1.165, 1.54) is 0 Å². The summed E-state index contributed by atoms with van der Waals surface area (Å²) in [6.07, 6.45) is 5.43. The Morgan fingerprint density at radius 2 is 1.95 bits per heavy atom. The van der Waals surface area contributed by atoms with Gasteiger partial charge in [0.15, 0.2) is 5.82 Å². The zero-order valence-electron chi connectivity index (χ0n) is 11.6. The molecular formula is C16H13BrN4O. The zero-order chi connectivity index (χ0) is 15.4. The van der Waals surface area contributed by atoms with Crippen molar-refractivity contribution in [1.29, 1.82) is 0 Å². The number of carbonyl (C=O) groups excluding carboxylic acids is 1. The fourth-order valence-corrected chi connectivity index (χ4v) is 2.32. The standard InChI is InChI=1S/C16H13BrN4O/c17-13-6-4-12(5-7-13)11-15(22)20-14-3-1-8-18-16(14)21-10-2-9-19-21/h1-10H,11H2,(H,20,22). The molecule has 0 aliphatic rings. The van der Waals surface area contributed by atoms with Crippen molar-refractivity contribution in [3.63, 3.8) is 0 Å². The quantitative estimate of drug-likeness (QED) is 0.780. The van der Waals surface area contributed by atoms with Gasteiger partial charge in [-0.3, -0.25) is 4.79 Å². The number of hydrogen-bond donors (Lipinski definition) is 1. The van der Waals surface area contributed by atoms with Crippen LogP contribution in [0.25, 0.3) is 5.82 Å². The van der Waals surface area contributed by atoms with E-state index >= 15 is 0 Å². The third-order valence-corrected chi connectivity index (χ3v) is 3.59. The number of hydrogen-bond acceptors (Lipinski definition) is 3. The van der Waals surface area contributed by atoms with E-state index in [4.69, 9.17) is 0 Å². The van der Waals surface area contributed by atoms with Crippen molar-refractivity contribution in [3.05, 3.63) is 71.1 Å². The molecule has 1 aromatic carbocycles. The maximum atomic E-state index is 12.2. The molecule has 1 amide bonds. The minimum Gasteiger partial charge on any atom is -0.323 e. The van der Waals surface area contributed by atoms with Crippen molar-refractivity contribution < 1.29 is 4.79 Å². The molecule has 3 rings (SSSR count). The molecule has 5 nitrogen and oxygen atoms in total. The number of halogens is 1. The van der Waals surface area contributed by atoms with Gasteiger partial charge < -0.3 is 5.32 Å². The summed E-state index contributed by atoms with van der Waals surface area (Å²) < 4.78 is 2.61. The zero-order valence-corrected chi connectivity index (χ0v) is 13.2. The molecule has 2 aromatic heterocycles. The topological polar surface area (TPSA) is 59.8 Å². The Kier molecular flexibility index (Phi) is 4.29. The van der Waals surface area contributed by atoms with Crippen LogP contribution in [-0.2, 0) is 11.2 Å². The first-order valence-electron chi connectivity index (χ1n) is 6.72. The van der Waals surface area contributed by atoms with Gasteiger partial charge in [0.05, 0.1) is 12.1 Å². The molecule has 3 aromatic rings. The number of nitrogens with one attached hydrogen (secondary N) is 1. The van der Waals surface area contributed by atoms with Gasteiger partial charge in [0.25, 0.3) is 0 Å². The number of carbonyl (C=O) groups is 1. The van der Waals surface area contributed by atoms with Gasteiger partial charge in [0, 0.05) is 23.1 Å². The molecule has 1 N–H and O–H groups in total. The van der Waals surface area contributed by atoms with E-state index in [1.807, 2.05) is 36.4 Å². The first kappa shape index (κ1) is 14.5. The highest BCUT2D eigenvalue weighted by molar-refractivity contribution is 9.10. The second-order valence-electron chi connectivity index (χ2n) is 4.68. The maximum absolute atomic E-state index is 12.2. The number of pyridine rings is 1. The smallest absolute Gasteiger partial charge is 0.228 e. The Morgan fingerprint density at radius 1 is 1.14 bits per heavy atom. The third kappa shape index (κ3) is 3.40. The summed E-state index contributed by atoms with van der Waals surface area (Å²) >= 11 is 3.38. The van der Waals surface area contributed by atoms with Gasteiger partial charge in [-0.25, -0.2) is 9.67 Å². The summed E-state index contributed by atoms with van der Waals surface area (Å²) in [6, 6.07) is 13.1. The predicted molar refractivity (Wildman–Crippen MR) is 87.8 cm³/mol. The monoisotopic (exact) mass is 356 g/mol. The summed E-state index contributed by atoms with van der Waals surface area (Å²) in [5.74, 6) is 0.500. The van der Waals surface area contributed by atoms with Gasteiger partial charge in [0.2, 0.25) is 5.91 Å². The molecule has 0 aliphatic carbocycles. The van der Waals surface area contributed by atoms with Gasteiger partial charge in [-0.15, -0.1) is 0 Å². The van der Waals surface area contributed by atoms with E-state index in [2.05, 4.69) is 31.3 Å². The van der Waals surface area contributed by atoms with E-state index in [0.29, 0.717) is 17.9 Å². The lowest BCUT2D eigenvalue weighted by atomic mass is 10.1. The summed E-state index contributed by atoms with van der Waals surface area (Å²) in [7, 11) is 0. The van der Waals surface area contributed by atoms with Gasteiger partial charge in [-0.1, -0.05) is 28.1 Å². The fraction of sp³-hybridized carbons (Fsp3) is 0.0625. The van der Waals surface area contributed by atoms with Crippen LogP contribution in [0.3, 0.4) is 0 Å². The van der Waals surface area contributed by atoms with Crippen LogP contribution >= 0.6 is 15.9 Å². The molecule has 0 aliphatic heterocycles. The molecule has 2 heterocycles. The van der Waals surface area contributed by atoms with Crippen LogP contribution in [0.5, 0.6) is 0 Å². The molecule has 0 spiro atoms. The van der Waals surface area contributed by atoms with Gasteiger partial charge in [-0.05, 0) is 35.9 Å². The van der Waals surface area contributed by atoms with Crippen molar-refractivity contribution in [2.75, 3.05) is 5.32 Å². The van der Waals surface area contributed by atoms with Crippen molar-refractivity contribution in [2.24, 2.45) is 0 Å². The van der Waals surface area contributed by atoms with Crippen LogP contribution in [0.1, 0.15) is 5.56 Å². The van der Waals surface area contributed by atoms with E-state index in [0.717, 1.165) is 10.0 Å². The number of anilines is 1. The second kappa shape index (κ2) is 6.53. The molecule has 6 heteroatoms. The molecule has 0 saturated heterocycles. The van der Waals surface area contributed by atoms with Crippen molar-refractivity contribution in [3.8, 4) is 5.82 Å². The largest absolute Gasteiger partial charge is 0.323 e. The van der Waals surface area contributed by atoms with Crippen LogP contribution in [0.4, 0.5) is 5.69 Å². The Balaban J connectivity index is 1.76. The summed E-state index contributed by atoms with van der Waals surface area (Å²) in [5.41, 5.74) is 1.58. The predicted octanol–water partition coefficient (Wildman–Crippen LogP) is 3.21. The highest BCUT2D eigenvalue weighted by atomic mass is 79.9. The summed E-state index contributed by atoms with van der Waals surface area (Å²) in [4.78, 5) is 16.5. The highest BCUT2D eigenvalue weighted by Gasteiger charge is 2.10. The van der Waals surface area contributed by atoms with Gasteiger partial charge in [-0.2, -0.15) is 5.10 Å². The molecule has 0 bridgehead atoms. The molecule has 0 unspecified atom stereocenters. The first-order chi connectivity index (χ1) is 10.7. The maximum Gasteiger partial charge on any atom is 0.228 e. The van der Waals surface area contributed by atoms with Crippen molar-refractivity contribution >= 4 is 27.5 Å². The van der Waals surface area contributed by atoms with Crippen molar-refractivity contribution in [2.45, 2.75) is 6.42 Å². The summed E-state index contributed by atoms with van der Waals surface area (Å²) in [6.45, 7) is 0. The van der Waals surface area contributed by atoms with Crippen LogP contribution in [0.15, 0.2) is 65.5 Å². The lowest BCUT2D eigenvalue weighted by molar-refractivity contribution is -0.115. The Bertz CT molecular complexity index is 769. The van der Waals surface area contributed by atoms with Crippen LogP contribution in [0.2, 0.25) is 0 Å². The number of amides is 1. The number of nitrogens with zero attached hydrogens (tertiary/aromatic N) is 3. The SMILES string of the molecule is O=C(Cc1ccc(Br)cc1)Nc1cccnc1-n1cccn1. The average molecular weight is 357 g/mol. The minimum atomic E-state index is -0.0938. The second-order valence-corrected chi connectivity index (χ2v) is 5.59.